The van der Waals surface area contributed by atoms with Crippen molar-refractivity contribution >= 4 is 17.9 Å². The Bertz CT molecular complexity index is 1160. The van der Waals surface area contributed by atoms with E-state index in [1.165, 1.54) is 24.1 Å². The third-order valence-corrected chi connectivity index (χ3v) is 5.55. The molecule has 0 bridgehead atoms. The Labute approximate surface area is 189 Å². The number of ether oxygens (including phenoxy) is 1. The first-order valence-electron chi connectivity index (χ1n) is 10.5. The fourth-order valence-corrected chi connectivity index (χ4v) is 3.72. The first-order valence-corrected chi connectivity index (χ1v) is 10.5. The van der Waals surface area contributed by atoms with E-state index in [9.17, 15) is 9.90 Å². The summed E-state index contributed by atoms with van der Waals surface area (Å²) < 4.78 is 11.1. The standard InChI is InChI=1S/C20H25N9O4/c1-12-5-3-4-8-28(12)11-14-17(23-27-29(14)19-18(21)25-33-26-19)20(31)24-22-10-13-6-7-16(32-2)15(30)9-13/h6-7,9-10,12,30H,3-5,8,11H2,1-2H3,(H2,21,25)(H,24,31)/b22-10+/t12-/m1/s1. The maximum atomic E-state index is 12.9. The summed E-state index contributed by atoms with van der Waals surface area (Å²) in [6, 6.07) is 5.09. The number of hydrogen-bond acceptors (Lipinski definition) is 11. The lowest BCUT2D eigenvalue weighted by molar-refractivity contribution is 0.0945. The molecule has 3 aromatic rings. The van der Waals surface area contributed by atoms with Crippen LogP contribution in [0.3, 0.4) is 0 Å². The lowest BCUT2D eigenvalue weighted by Crippen LogP contribution is -2.38. The number of nitrogens with two attached hydrogens (primary N) is 1. The van der Waals surface area contributed by atoms with E-state index in [0.29, 0.717) is 29.6 Å². The Morgan fingerprint density at radius 2 is 2.27 bits per heavy atom. The largest absolute Gasteiger partial charge is 0.504 e. The average molecular weight is 455 g/mol. The van der Waals surface area contributed by atoms with Crippen molar-refractivity contribution in [2.75, 3.05) is 19.4 Å². The van der Waals surface area contributed by atoms with Crippen LogP contribution >= 0.6 is 0 Å². The fraction of sp³-hybridized carbons (Fsp3) is 0.400. The third kappa shape index (κ3) is 4.77. The average Bonchev–Trinajstić information content (AvgIpc) is 3.41. The predicted octanol–water partition coefficient (Wildman–Crippen LogP) is 1.08. The number of nitrogen functional groups attached to an aromatic ring is 1. The van der Waals surface area contributed by atoms with Crippen molar-refractivity contribution in [3.8, 4) is 17.3 Å². The molecule has 0 spiro atoms. The SMILES string of the molecule is COc1ccc(/C=N/NC(=O)c2nnn(-c3nonc3N)c2CN2CCCC[C@H]2C)cc1O. The van der Waals surface area contributed by atoms with Crippen LogP contribution in [-0.4, -0.2) is 67.1 Å². The summed E-state index contributed by atoms with van der Waals surface area (Å²) in [5.41, 5.74) is 9.45. The van der Waals surface area contributed by atoms with E-state index in [2.05, 4.69) is 43.0 Å². The van der Waals surface area contributed by atoms with Gasteiger partial charge in [-0.25, -0.2) is 10.1 Å². The number of nitrogens with one attached hydrogen (secondary N) is 1. The Balaban J connectivity index is 1.57. The number of benzene rings is 1. The highest BCUT2D eigenvalue weighted by atomic mass is 16.6. The van der Waals surface area contributed by atoms with Gasteiger partial charge in [-0.1, -0.05) is 11.6 Å². The smallest absolute Gasteiger partial charge is 0.293 e. The van der Waals surface area contributed by atoms with Gasteiger partial charge in [0.1, 0.15) is 0 Å². The molecule has 1 amide bonds. The van der Waals surface area contributed by atoms with Gasteiger partial charge >= 0.3 is 0 Å². The Hall–Kier alpha value is -4.00. The molecular weight excluding hydrogens is 430 g/mol. The van der Waals surface area contributed by atoms with Crippen molar-refractivity contribution in [2.24, 2.45) is 5.10 Å². The quantitative estimate of drug-likeness (QED) is 0.346. The minimum Gasteiger partial charge on any atom is -0.504 e. The molecule has 1 fully saturated rings. The van der Waals surface area contributed by atoms with E-state index < -0.39 is 5.91 Å². The number of methoxy groups -OCH3 is 1. The number of hydrogen-bond donors (Lipinski definition) is 3. The molecular formula is C20H25N9O4. The number of amides is 1. The molecule has 33 heavy (non-hydrogen) atoms. The summed E-state index contributed by atoms with van der Waals surface area (Å²) in [4.78, 5) is 15.1. The van der Waals surface area contributed by atoms with Crippen molar-refractivity contribution in [1.82, 2.24) is 35.6 Å². The van der Waals surface area contributed by atoms with E-state index in [0.717, 1.165) is 25.8 Å². The zero-order chi connectivity index (χ0) is 23.4. The zero-order valence-electron chi connectivity index (χ0n) is 18.3. The Morgan fingerprint density at radius 1 is 1.42 bits per heavy atom. The molecule has 4 rings (SSSR count). The molecule has 4 N–H and O–H groups in total. The van der Waals surface area contributed by atoms with Gasteiger partial charge < -0.3 is 15.6 Å². The molecule has 1 atom stereocenters. The van der Waals surface area contributed by atoms with Gasteiger partial charge in [0.05, 0.1) is 19.0 Å². The number of anilines is 1. The summed E-state index contributed by atoms with van der Waals surface area (Å²) in [5.74, 6) is -0.0426. The minimum atomic E-state index is -0.551. The summed E-state index contributed by atoms with van der Waals surface area (Å²) in [6.45, 7) is 3.45. The number of likely N-dealkylation sites (tertiary alicyclic amines) is 1. The number of phenolic OH excluding ortho intramolecular Hbond substituents is 1. The molecule has 3 heterocycles. The van der Waals surface area contributed by atoms with Gasteiger partial charge in [0.2, 0.25) is 11.6 Å². The lowest BCUT2D eigenvalue weighted by Gasteiger charge is -2.33. The zero-order valence-corrected chi connectivity index (χ0v) is 18.3. The van der Waals surface area contributed by atoms with Crippen LogP contribution in [0.15, 0.2) is 27.9 Å². The molecule has 1 aliphatic rings. The van der Waals surface area contributed by atoms with Crippen LogP contribution in [0.25, 0.3) is 5.82 Å². The highest BCUT2D eigenvalue weighted by Gasteiger charge is 2.28. The second-order valence-corrected chi connectivity index (χ2v) is 7.72. The first-order chi connectivity index (χ1) is 16.0. The van der Waals surface area contributed by atoms with Gasteiger partial charge in [0.25, 0.3) is 5.91 Å². The van der Waals surface area contributed by atoms with Gasteiger partial charge in [0.15, 0.2) is 17.2 Å². The van der Waals surface area contributed by atoms with E-state index in [1.54, 1.807) is 12.1 Å². The Kier molecular flexibility index (Phi) is 6.49. The van der Waals surface area contributed by atoms with Gasteiger partial charge in [-0.05, 0) is 60.4 Å². The first kappa shape index (κ1) is 22.2. The lowest BCUT2D eigenvalue weighted by atomic mass is 10.0. The highest BCUT2D eigenvalue weighted by molar-refractivity contribution is 5.94. The van der Waals surface area contributed by atoms with Crippen LogP contribution < -0.4 is 15.9 Å². The normalized spacial score (nSPS) is 16.8. The molecule has 1 saturated heterocycles. The fourth-order valence-electron chi connectivity index (χ4n) is 3.72. The molecule has 0 unspecified atom stereocenters. The number of aromatic hydroxyl groups is 1. The molecule has 13 heteroatoms. The second-order valence-electron chi connectivity index (χ2n) is 7.72. The van der Waals surface area contributed by atoms with Crippen molar-refractivity contribution in [2.45, 2.75) is 38.8 Å². The number of carbonyl (C=O) groups excluding carboxylic acids is 1. The number of rotatable bonds is 7. The topological polar surface area (TPSA) is 170 Å². The van der Waals surface area contributed by atoms with Crippen LogP contribution in [0.4, 0.5) is 5.82 Å². The minimum absolute atomic E-state index is 0.0348. The van der Waals surface area contributed by atoms with Crippen LogP contribution in [-0.2, 0) is 6.54 Å². The van der Waals surface area contributed by atoms with E-state index >= 15 is 0 Å². The molecule has 2 aromatic heterocycles. The monoisotopic (exact) mass is 455 g/mol. The van der Waals surface area contributed by atoms with Crippen molar-refractivity contribution in [1.29, 1.82) is 0 Å². The predicted molar refractivity (Wildman–Crippen MR) is 117 cm³/mol. The summed E-state index contributed by atoms with van der Waals surface area (Å²) in [6.07, 6.45) is 4.70. The highest BCUT2D eigenvalue weighted by Crippen LogP contribution is 2.25. The number of hydrazone groups is 1. The van der Waals surface area contributed by atoms with Crippen LogP contribution in [0.1, 0.15) is 47.9 Å². The Morgan fingerprint density at radius 3 is 2.97 bits per heavy atom. The second kappa shape index (κ2) is 9.65. The molecule has 0 saturated carbocycles. The number of aromatic nitrogens is 5. The summed E-state index contributed by atoms with van der Waals surface area (Å²) >= 11 is 0. The van der Waals surface area contributed by atoms with Gasteiger partial charge in [0, 0.05) is 12.6 Å². The van der Waals surface area contributed by atoms with Gasteiger partial charge in [-0.2, -0.15) is 9.78 Å². The van der Waals surface area contributed by atoms with E-state index in [4.69, 9.17) is 15.1 Å². The van der Waals surface area contributed by atoms with Gasteiger partial charge in [-0.3, -0.25) is 9.69 Å². The van der Waals surface area contributed by atoms with Crippen molar-refractivity contribution in [3.05, 3.63) is 35.2 Å². The molecule has 174 valence electrons. The number of nitrogens with zero attached hydrogens (tertiary/aromatic N) is 7. The summed E-state index contributed by atoms with van der Waals surface area (Å²) in [5, 5.41) is 29.3. The maximum Gasteiger partial charge on any atom is 0.293 e. The van der Waals surface area contributed by atoms with Crippen molar-refractivity contribution in [3.63, 3.8) is 0 Å². The molecule has 0 aliphatic carbocycles. The van der Waals surface area contributed by atoms with Crippen LogP contribution in [0.5, 0.6) is 11.5 Å². The third-order valence-electron chi connectivity index (χ3n) is 5.55. The van der Waals surface area contributed by atoms with Crippen molar-refractivity contribution < 1.29 is 19.3 Å². The number of piperidine rings is 1. The molecule has 0 radical (unpaired) electrons. The van der Waals surface area contributed by atoms with E-state index in [-0.39, 0.29) is 23.1 Å². The number of phenols is 1. The molecule has 1 aromatic carbocycles. The maximum absolute atomic E-state index is 12.9. The van der Waals surface area contributed by atoms with E-state index in [1.807, 2.05) is 0 Å². The number of carbonyl (C=O) groups is 1. The van der Waals surface area contributed by atoms with Crippen LogP contribution in [0.2, 0.25) is 0 Å². The summed E-state index contributed by atoms with van der Waals surface area (Å²) in [7, 11) is 1.46. The van der Waals surface area contributed by atoms with Gasteiger partial charge in [-0.15, -0.1) is 5.10 Å². The molecule has 13 nitrogen and oxygen atoms in total. The molecule has 1 aliphatic heterocycles. The van der Waals surface area contributed by atoms with Crippen LogP contribution in [0, 0.1) is 0 Å².